The Morgan fingerprint density at radius 1 is 1.29 bits per heavy atom. The van der Waals surface area contributed by atoms with Crippen LogP contribution in [-0.4, -0.2) is 78.4 Å². The number of aliphatic carboxylic acids is 1. The SMILES string of the molecule is CC(C(=O)O)S(=O)(=O)N1CCN(CCO)CC1. The number of carboxylic acids is 1. The Bertz CT molecular complexity index is 362. The number of piperazine rings is 1. The molecule has 1 aliphatic heterocycles. The maximum atomic E-state index is 11.9. The molecule has 1 aliphatic rings. The van der Waals surface area contributed by atoms with Crippen LogP contribution in [0.25, 0.3) is 0 Å². The quantitative estimate of drug-likeness (QED) is 0.622. The van der Waals surface area contributed by atoms with Crippen molar-refractivity contribution in [3.8, 4) is 0 Å². The number of hydrogen-bond acceptors (Lipinski definition) is 5. The highest BCUT2D eigenvalue weighted by molar-refractivity contribution is 7.90. The number of sulfonamides is 1. The number of nitrogens with zero attached hydrogens (tertiary/aromatic N) is 2. The molecule has 1 atom stereocenters. The van der Waals surface area contributed by atoms with Crippen LogP contribution in [0.4, 0.5) is 0 Å². The van der Waals surface area contributed by atoms with Gasteiger partial charge in [-0.25, -0.2) is 8.42 Å². The minimum Gasteiger partial charge on any atom is -0.480 e. The lowest BCUT2D eigenvalue weighted by Crippen LogP contribution is -2.52. The lowest BCUT2D eigenvalue weighted by Gasteiger charge is -2.34. The molecule has 1 rings (SSSR count). The van der Waals surface area contributed by atoms with E-state index in [2.05, 4.69) is 0 Å². The van der Waals surface area contributed by atoms with E-state index in [9.17, 15) is 13.2 Å². The average molecular weight is 266 g/mol. The van der Waals surface area contributed by atoms with Crippen molar-refractivity contribution in [1.82, 2.24) is 9.21 Å². The second-order valence-electron chi connectivity index (χ2n) is 3.99. The summed E-state index contributed by atoms with van der Waals surface area (Å²) in [5.74, 6) is -1.33. The van der Waals surface area contributed by atoms with Crippen LogP contribution < -0.4 is 0 Å². The molecule has 0 spiro atoms. The number of rotatable bonds is 5. The first-order valence-corrected chi connectivity index (χ1v) is 6.95. The van der Waals surface area contributed by atoms with Gasteiger partial charge in [-0.15, -0.1) is 0 Å². The second-order valence-corrected chi connectivity index (χ2v) is 6.24. The summed E-state index contributed by atoms with van der Waals surface area (Å²) in [7, 11) is -3.76. The van der Waals surface area contributed by atoms with E-state index in [1.54, 1.807) is 0 Å². The van der Waals surface area contributed by atoms with Crippen LogP contribution in [0.3, 0.4) is 0 Å². The molecule has 0 amide bonds. The van der Waals surface area contributed by atoms with Gasteiger partial charge in [-0.05, 0) is 6.92 Å². The van der Waals surface area contributed by atoms with Crippen LogP contribution in [0.1, 0.15) is 6.92 Å². The van der Waals surface area contributed by atoms with Crippen LogP contribution in [0.15, 0.2) is 0 Å². The summed E-state index contributed by atoms with van der Waals surface area (Å²) in [6.45, 7) is 3.33. The van der Waals surface area contributed by atoms with Crippen molar-refractivity contribution in [1.29, 1.82) is 0 Å². The van der Waals surface area contributed by atoms with Gasteiger partial charge in [-0.1, -0.05) is 0 Å². The van der Waals surface area contributed by atoms with Gasteiger partial charge in [0, 0.05) is 32.7 Å². The molecule has 1 heterocycles. The molecule has 0 aromatic heterocycles. The van der Waals surface area contributed by atoms with Crippen LogP contribution in [-0.2, 0) is 14.8 Å². The van der Waals surface area contributed by atoms with Crippen molar-refractivity contribution in [2.75, 3.05) is 39.3 Å². The molecule has 0 saturated carbocycles. The minimum atomic E-state index is -3.76. The first-order chi connectivity index (χ1) is 7.89. The molecule has 0 aromatic rings. The molecule has 0 aromatic carbocycles. The number of aliphatic hydroxyl groups is 1. The van der Waals surface area contributed by atoms with Crippen molar-refractivity contribution in [2.45, 2.75) is 12.2 Å². The number of carboxylic acid groups (broad SMARTS) is 1. The molecule has 1 unspecified atom stereocenters. The molecule has 2 N–H and O–H groups in total. The normalized spacial score (nSPS) is 21.3. The molecule has 0 aliphatic carbocycles. The summed E-state index contributed by atoms with van der Waals surface area (Å²) >= 11 is 0. The second kappa shape index (κ2) is 5.76. The van der Waals surface area contributed by atoms with Gasteiger partial charge in [0.2, 0.25) is 10.0 Å². The highest BCUT2D eigenvalue weighted by atomic mass is 32.2. The fourth-order valence-corrected chi connectivity index (χ4v) is 3.07. The Morgan fingerprint density at radius 2 is 1.82 bits per heavy atom. The summed E-state index contributed by atoms with van der Waals surface area (Å²) in [5.41, 5.74) is 0. The molecular formula is C9H18N2O5S. The molecule has 100 valence electrons. The molecule has 8 heteroatoms. The van der Waals surface area contributed by atoms with E-state index in [1.165, 1.54) is 11.2 Å². The van der Waals surface area contributed by atoms with Gasteiger partial charge >= 0.3 is 5.97 Å². The Balaban J connectivity index is 2.62. The summed E-state index contributed by atoms with van der Waals surface area (Å²) in [6.07, 6.45) is 0. The third kappa shape index (κ3) is 3.38. The molecule has 0 bridgehead atoms. The monoisotopic (exact) mass is 266 g/mol. The van der Waals surface area contributed by atoms with Gasteiger partial charge in [0.05, 0.1) is 6.61 Å². The zero-order valence-electron chi connectivity index (χ0n) is 9.74. The standard InChI is InChI=1S/C9H18N2O5S/c1-8(9(13)14)17(15,16)11-4-2-10(3-5-11)6-7-12/h8,12H,2-7H2,1H3,(H,13,14). The molecule has 17 heavy (non-hydrogen) atoms. The summed E-state index contributed by atoms with van der Waals surface area (Å²) in [4.78, 5) is 12.6. The van der Waals surface area contributed by atoms with Crippen molar-refractivity contribution in [2.24, 2.45) is 0 Å². The van der Waals surface area contributed by atoms with Crippen molar-refractivity contribution in [3.63, 3.8) is 0 Å². The predicted molar refractivity (Wildman–Crippen MR) is 61.1 cm³/mol. The van der Waals surface area contributed by atoms with Gasteiger partial charge in [0.15, 0.2) is 5.25 Å². The van der Waals surface area contributed by atoms with Crippen LogP contribution in [0.5, 0.6) is 0 Å². The van der Waals surface area contributed by atoms with E-state index >= 15 is 0 Å². The van der Waals surface area contributed by atoms with E-state index in [0.29, 0.717) is 19.6 Å². The number of hydrogen-bond donors (Lipinski definition) is 2. The number of carbonyl (C=O) groups is 1. The van der Waals surface area contributed by atoms with E-state index in [-0.39, 0.29) is 19.7 Å². The van der Waals surface area contributed by atoms with Crippen LogP contribution in [0.2, 0.25) is 0 Å². The Labute approximate surface area is 101 Å². The van der Waals surface area contributed by atoms with Gasteiger partial charge in [-0.3, -0.25) is 9.69 Å². The van der Waals surface area contributed by atoms with Gasteiger partial charge in [0.1, 0.15) is 0 Å². The van der Waals surface area contributed by atoms with Gasteiger partial charge < -0.3 is 10.2 Å². The van der Waals surface area contributed by atoms with E-state index in [4.69, 9.17) is 10.2 Å². The highest BCUT2D eigenvalue weighted by Gasteiger charge is 2.35. The van der Waals surface area contributed by atoms with Crippen LogP contribution in [0, 0.1) is 0 Å². The fourth-order valence-electron chi connectivity index (χ4n) is 1.70. The molecule has 1 saturated heterocycles. The number of aliphatic hydroxyl groups excluding tert-OH is 1. The first kappa shape index (κ1) is 14.4. The smallest absolute Gasteiger partial charge is 0.323 e. The Kier molecular flexibility index (Phi) is 4.87. The molecule has 1 fully saturated rings. The van der Waals surface area contributed by atoms with Crippen LogP contribution >= 0.6 is 0 Å². The summed E-state index contributed by atoms with van der Waals surface area (Å²) in [5, 5.41) is 16.1. The van der Waals surface area contributed by atoms with Crippen molar-refractivity contribution in [3.05, 3.63) is 0 Å². The number of β-amino-alcohol motifs (C(OH)–C–C–N with tert-alkyl or cyclic N) is 1. The van der Waals surface area contributed by atoms with Gasteiger partial charge in [0.25, 0.3) is 0 Å². The molecular weight excluding hydrogens is 248 g/mol. The highest BCUT2D eigenvalue weighted by Crippen LogP contribution is 2.12. The fraction of sp³-hybridized carbons (Fsp3) is 0.889. The molecule has 0 radical (unpaired) electrons. The lowest BCUT2D eigenvalue weighted by atomic mass is 10.4. The van der Waals surface area contributed by atoms with Crippen molar-refractivity contribution >= 4 is 16.0 Å². The maximum Gasteiger partial charge on any atom is 0.323 e. The Hall–Kier alpha value is -0.700. The first-order valence-electron chi connectivity index (χ1n) is 5.44. The van der Waals surface area contributed by atoms with E-state index < -0.39 is 21.2 Å². The summed E-state index contributed by atoms with van der Waals surface area (Å²) in [6, 6.07) is 0. The summed E-state index contributed by atoms with van der Waals surface area (Å²) < 4.78 is 24.9. The van der Waals surface area contributed by atoms with E-state index in [0.717, 1.165) is 0 Å². The third-order valence-corrected chi connectivity index (χ3v) is 5.08. The lowest BCUT2D eigenvalue weighted by molar-refractivity contribution is -0.136. The zero-order valence-corrected chi connectivity index (χ0v) is 10.6. The Morgan fingerprint density at radius 3 is 2.24 bits per heavy atom. The van der Waals surface area contributed by atoms with Gasteiger partial charge in [-0.2, -0.15) is 4.31 Å². The largest absolute Gasteiger partial charge is 0.480 e. The van der Waals surface area contributed by atoms with Crippen molar-refractivity contribution < 1.29 is 23.4 Å². The topological polar surface area (TPSA) is 98.1 Å². The maximum absolute atomic E-state index is 11.9. The minimum absolute atomic E-state index is 0.0400. The average Bonchev–Trinajstić information content (AvgIpc) is 2.29. The molecule has 7 nitrogen and oxygen atoms in total. The predicted octanol–water partition coefficient (Wildman–Crippen LogP) is -1.60. The van der Waals surface area contributed by atoms with E-state index in [1.807, 2.05) is 4.90 Å². The zero-order chi connectivity index (χ0) is 13.1. The third-order valence-electron chi connectivity index (χ3n) is 2.90.